The van der Waals surface area contributed by atoms with Crippen LogP contribution >= 0.6 is 0 Å². The second-order valence-corrected chi connectivity index (χ2v) is 10.2. The minimum atomic E-state index is -3.57. The third-order valence-electron chi connectivity index (χ3n) is 5.69. The second kappa shape index (κ2) is 9.91. The molecule has 0 fully saturated rings. The van der Waals surface area contributed by atoms with Crippen LogP contribution in [0.25, 0.3) is 0 Å². The Morgan fingerprint density at radius 2 is 1.86 bits per heavy atom. The molecule has 9 nitrogen and oxygen atoms in total. The first-order chi connectivity index (χ1) is 17.1. The van der Waals surface area contributed by atoms with Crippen LogP contribution in [0.15, 0.2) is 65.7 Å². The fourth-order valence-electron chi connectivity index (χ4n) is 3.73. The zero-order valence-corrected chi connectivity index (χ0v) is 19.5. The van der Waals surface area contributed by atoms with Gasteiger partial charge in [0.25, 0.3) is 5.91 Å². The number of nitrogens with zero attached hydrogens (tertiary/aromatic N) is 2. The summed E-state index contributed by atoms with van der Waals surface area (Å²) >= 11 is 0. The van der Waals surface area contributed by atoms with Crippen LogP contribution in [-0.4, -0.2) is 41.9 Å². The molecular formula is C24H21F2N4O5S+. The maximum absolute atomic E-state index is 13.9. The molecule has 0 radical (unpaired) electrons. The van der Waals surface area contributed by atoms with Crippen molar-refractivity contribution in [3.05, 3.63) is 89.1 Å². The number of pyridine rings is 1. The Balaban J connectivity index is 1.52. The summed E-state index contributed by atoms with van der Waals surface area (Å²) in [6.07, 6.45) is 1.37. The van der Waals surface area contributed by atoms with Crippen molar-refractivity contribution in [1.29, 1.82) is 0 Å². The molecule has 186 valence electrons. The first-order valence-corrected chi connectivity index (χ1v) is 12.4. The molecular weight excluding hydrogens is 494 g/mol. The van der Waals surface area contributed by atoms with Crippen molar-refractivity contribution in [2.75, 3.05) is 10.8 Å². The molecule has 4 rings (SSSR count). The molecule has 0 bridgehead atoms. The summed E-state index contributed by atoms with van der Waals surface area (Å²) in [5, 5.41) is 19.0. The molecule has 1 atom stereocenters. The van der Waals surface area contributed by atoms with Gasteiger partial charge in [-0.3, -0.25) is 20.2 Å². The highest BCUT2D eigenvalue weighted by atomic mass is 32.2. The van der Waals surface area contributed by atoms with Gasteiger partial charge in [-0.25, -0.2) is 22.2 Å². The van der Waals surface area contributed by atoms with Crippen molar-refractivity contribution in [2.45, 2.75) is 17.9 Å². The number of fused-ring (bicyclic) bond motifs is 1. The number of sulfone groups is 1. The molecule has 2 amide bonds. The van der Waals surface area contributed by atoms with Gasteiger partial charge in [-0.1, -0.05) is 24.3 Å². The van der Waals surface area contributed by atoms with Crippen LogP contribution in [0, 0.1) is 17.6 Å². The summed E-state index contributed by atoms with van der Waals surface area (Å²) in [5.74, 6) is -5.72. The van der Waals surface area contributed by atoms with Crippen LogP contribution in [0.1, 0.15) is 16.7 Å². The largest absolute Gasteiger partial charge is 0.351 e. The smallest absolute Gasteiger partial charge is 0.275 e. The van der Waals surface area contributed by atoms with Crippen molar-refractivity contribution in [2.24, 2.45) is 5.92 Å². The summed E-state index contributed by atoms with van der Waals surface area (Å²) in [5.41, 5.74) is 0.306. The van der Waals surface area contributed by atoms with Gasteiger partial charge in [-0.15, -0.1) is 0 Å². The van der Waals surface area contributed by atoms with Crippen LogP contribution in [0.4, 0.5) is 14.6 Å². The Morgan fingerprint density at radius 1 is 1.14 bits per heavy atom. The van der Waals surface area contributed by atoms with Gasteiger partial charge in [0.1, 0.15) is 11.6 Å². The van der Waals surface area contributed by atoms with E-state index < -0.39 is 39.2 Å². The number of hydrogen-bond acceptors (Lipinski definition) is 6. The first kappa shape index (κ1) is 25.1. The quantitative estimate of drug-likeness (QED) is 0.311. The lowest BCUT2D eigenvalue weighted by Gasteiger charge is -2.26. The Morgan fingerprint density at radius 3 is 2.56 bits per heavy atom. The van der Waals surface area contributed by atoms with E-state index in [2.05, 4.69) is 10.3 Å². The Labute approximate surface area is 204 Å². The normalized spacial score (nSPS) is 15.5. The second-order valence-electron chi connectivity index (χ2n) is 8.09. The van der Waals surface area contributed by atoms with Gasteiger partial charge in [-0.05, 0) is 36.2 Å². The fourth-order valence-corrected chi connectivity index (χ4v) is 5.05. The fraction of sp³-hybridized carbons (Fsp3) is 0.167. The number of aryl methyl sites for hydroxylation is 1. The van der Waals surface area contributed by atoms with Gasteiger partial charge in [0.2, 0.25) is 17.5 Å². The van der Waals surface area contributed by atoms with E-state index in [0.29, 0.717) is 11.6 Å². The highest BCUT2D eigenvalue weighted by Crippen LogP contribution is 2.28. The van der Waals surface area contributed by atoms with Gasteiger partial charge in [0.15, 0.2) is 15.7 Å². The van der Waals surface area contributed by atoms with E-state index in [9.17, 15) is 32.0 Å². The average molecular weight is 516 g/mol. The van der Waals surface area contributed by atoms with E-state index in [1.807, 2.05) is 0 Å². The van der Waals surface area contributed by atoms with E-state index in [1.165, 1.54) is 24.4 Å². The molecule has 1 aliphatic rings. The molecule has 2 aromatic carbocycles. The first-order valence-electron chi connectivity index (χ1n) is 10.7. The van der Waals surface area contributed by atoms with Crippen LogP contribution < -0.4 is 15.8 Å². The number of nitrogens with one attached hydrogen (secondary N) is 1. The molecule has 0 aliphatic carbocycles. The Bertz CT molecular complexity index is 1460. The SMILES string of the molecule is [NH2+]=C1c2cc(CCS(=O)(=O)c3ccccc3)cnc2N(O)C(=O)C1C(=O)NCc1ccc(F)cc1F. The van der Waals surface area contributed by atoms with Crippen LogP contribution in [-0.2, 0) is 32.4 Å². The van der Waals surface area contributed by atoms with E-state index in [1.54, 1.807) is 18.2 Å². The number of carbonyl (C=O) groups is 2. The van der Waals surface area contributed by atoms with Crippen molar-refractivity contribution >= 4 is 33.2 Å². The summed E-state index contributed by atoms with van der Waals surface area (Å²) in [6.45, 7) is -0.351. The zero-order chi connectivity index (χ0) is 26.0. The number of carbonyl (C=O) groups excluding carboxylic acids is 2. The molecule has 4 N–H and O–H groups in total. The lowest BCUT2D eigenvalue weighted by atomic mass is 9.90. The third kappa shape index (κ3) is 4.99. The molecule has 1 unspecified atom stereocenters. The minimum absolute atomic E-state index is 0.0172. The summed E-state index contributed by atoms with van der Waals surface area (Å²) in [4.78, 5) is 29.6. The zero-order valence-electron chi connectivity index (χ0n) is 18.7. The number of nitrogens with two attached hydrogens (primary N) is 1. The highest BCUT2D eigenvalue weighted by molar-refractivity contribution is 7.91. The molecule has 36 heavy (non-hydrogen) atoms. The molecule has 1 aromatic heterocycles. The number of halogens is 2. The summed E-state index contributed by atoms with van der Waals surface area (Å²) < 4.78 is 52.1. The molecule has 12 heteroatoms. The van der Waals surface area contributed by atoms with Gasteiger partial charge in [0, 0.05) is 24.4 Å². The van der Waals surface area contributed by atoms with Gasteiger partial charge in [0.05, 0.1) is 16.2 Å². The molecule has 0 saturated heterocycles. The van der Waals surface area contributed by atoms with Crippen molar-refractivity contribution in [1.82, 2.24) is 10.3 Å². The van der Waals surface area contributed by atoms with Crippen molar-refractivity contribution in [3.63, 3.8) is 0 Å². The van der Waals surface area contributed by atoms with Crippen LogP contribution in [0.2, 0.25) is 0 Å². The lowest BCUT2D eigenvalue weighted by molar-refractivity contribution is -0.142. The molecule has 3 aromatic rings. The summed E-state index contributed by atoms with van der Waals surface area (Å²) in [7, 11) is -3.57. The number of benzene rings is 2. The van der Waals surface area contributed by atoms with Crippen LogP contribution in [0.5, 0.6) is 0 Å². The third-order valence-corrected chi connectivity index (χ3v) is 7.43. The van der Waals surface area contributed by atoms with Gasteiger partial charge < -0.3 is 5.32 Å². The predicted molar refractivity (Wildman–Crippen MR) is 123 cm³/mol. The van der Waals surface area contributed by atoms with Gasteiger partial charge >= 0.3 is 0 Å². The number of hydroxylamine groups is 1. The predicted octanol–water partition coefficient (Wildman–Crippen LogP) is 0.593. The maximum Gasteiger partial charge on any atom is 0.275 e. The number of rotatable bonds is 7. The number of amides is 2. The average Bonchev–Trinajstić information content (AvgIpc) is 2.86. The molecule has 0 spiro atoms. The lowest BCUT2D eigenvalue weighted by Crippen LogP contribution is -2.59. The number of aromatic nitrogens is 1. The number of anilines is 1. The maximum atomic E-state index is 13.9. The number of hydrogen-bond donors (Lipinski definition) is 3. The van der Waals surface area contributed by atoms with E-state index in [4.69, 9.17) is 5.41 Å². The van der Waals surface area contributed by atoms with E-state index in [-0.39, 0.29) is 51.3 Å². The Hall–Kier alpha value is -4.03. The minimum Gasteiger partial charge on any atom is -0.351 e. The van der Waals surface area contributed by atoms with Crippen molar-refractivity contribution < 1.29 is 37.4 Å². The summed E-state index contributed by atoms with van der Waals surface area (Å²) in [6, 6.07) is 12.2. The topological polar surface area (TPSA) is 142 Å². The Kier molecular flexibility index (Phi) is 6.91. The monoisotopic (exact) mass is 515 g/mol. The van der Waals surface area contributed by atoms with Crippen molar-refractivity contribution in [3.8, 4) is 0 Å². The molecule has 2 heterocycles. The highest BCUT2D eigenvalue weighted by Gasteiger charge is 2.46. The van der Waals surface area contributed by atoms with E-state index in [0.717, 1.165) is 12.1 Å². The standard InChI is InChI=1S/C24H20F2N4O5S/c25-16-7-6-15(19(26)11-16)13-29-23(31)20-21(27)18-10-14(12-28-22(18)30(33)24(20)32)8-9-36(34,35)17-4-2-1-3-5-17/h1-7,10-12,20,27,33H,8-9,13H2,(H,29,31)/p+1. The van der Waals surface area contributed by atoms with Gasteiger partial charge in [-0.2, -0.15) is 5.06 Å². The molecule has 1 aliphatic heterocycles. The molecule has 0 saturated carbocycles. The van der Waals surface area contributed by atoms with E-state index >= 15 is 0 Å². The van der Waals surface area contributed by atoms with Crippen LogP contribution in [0.3, 0.4) is 0 Å².